The standard InChI is InChI=1S/C29H31ClF5N3O4/c1-28(2,29(33,34)35)27(41)36-13-16-4-7-21(30)19(10-16)25(39)37-18-6-8-23(42-14-24(31)32)20(12-18)26(40)38-22-11-15-3-5-17(22)9-15/h4,6-8,10,12,15,17,22,24H,3,5,9,11,13-14H2,1-2H3,(H,36,41)(H,37,39)(H,38,40). The van der Waals surface area contributed by atoms with Gasteiger partial charge in [0.2, 0.25) is 5.91 Å². The number of halogens is 6. The van der Waals surface area contributed by atoms with Crippen LogP contribution in [0.25, 0.3) is 0 Å². The largest absolute Gasteiger partial charge is 0.487 e. The van der Waals surface area contributed by atoms with Crippen LogP contribution in [-0.4, -0.2) is 43.0 Å². The van der Waals surface area contributed by atoms with E-state index in [1.807, 2.05) is 0 Å². The van der Waals surface area contributed by atoms with Crippen LogP contribution in [-0.2, 0) is 11.3 Å². The number of anilines is 1. The molecule has 0 aromatic heterocycles. The monoisotopic (exact) mass is 615 g/mol. The van der Waals surface area contributed by atoms with E-state index in [0.717, 1.165) is 39.5 Å². The molecule has 2 aromatic rings. The topological polar surface area (TPSA) is 96.5 Å². The zero-order valence-electron chi connectivity index (χ0n) is 22.9. The molecule has 3 atom stereocenters. The van der Waals surface area contributed by atoms with Crippen LogP contribution in [0.5, 0.6) is 5.75 Å². The lowest BCUT2D eigenvalue weighted by molar-refractivity contribution is -0.211. The van der Waals surface area contributed by atoms with Crippen molar-refractivity contribution in [3.05, 3.63) is 58.1 Å². The van der Waals surface area contributed by atoms with Gasteiger partial charge in [0, 0.05) is 18.3 Å². The molecule has 4 rings (SSSR count). The lowest BCUT2D eigenvalue weighted by atomic mass is 9.91. The molecule has 0 spiro atoms. The van der Waals surface area contributed by atoms with Gasteiger partial charge in [-0.25, -0.2) is 8.78 Å². The highest BCUT2D eigenvalue weighted by atomic mass is 35.5. The lowest BCUT2D eigenvalue weighted by Crippen LogP contribution is -2.46. The predicted octanol–water partition coefficient (Wildman–Crippen LogP) is 6.36. The summed E-state index contributed by atoms with van der Waals surface area (Å²) < 4.78 is 70.3. The summed E-state index contributed by atoms with van der Waals surface area (Å²) in [7, 11) is 0. The number of carbonyl (C=O) groups is 3. The van der Waals surface area contributed by atoms with Crippen LogP contribution in [0.3, 0.4) is 0 Å². The van der Waals surface area contributed by atoms with Gasteiger partial charge in [0.25, 0.3) is 18.2 Å². The third-order valence-electron chi connectivity index (χ3n) is 7.91. The zero-order chi connectivity index (χ0) is 30.8. The number of ether oxygens (including phenoxy) is 1. The Morgan fingerprint density at radius 2 is 1.74 bits per heavy atom. The number of rotatable bonds is 10. The molecule has 0 aliphatic heterocycles. The fourth-order valence-corrected chi connectivity index (χ4v) is 5.52. The van der Waals surface area contributed by atoms with E-state index in [0.29, 0.717) is 17.4 Å². The van der Waals surface area contributed by atoms with E-state index < -0.39 is 42.3 Å². The molecule has 3 unspecified atom stereocenters. The SMILES string of the molecule is CC(C)(C(=O)NCc1ccc(Cl)c(C(=O)Nc2ccc(OCC(F)F)c(C(=O)NC3CC4CCC3C4)c2)c1)C(F)(F)F. The van der Waals surface area contributed by atoms with Crippen LogP contribution >= 0.6 is 11.6 Å². The Labute approximate surface area is 244 Å². The Balaban J connectivity index is 1.49. The smallest absolute Gasteiger partial charge is 0.402 e. The first-order valence-electron chi connectivity index (χ1n) is 13.5. The Bertz CT molecular complexity index is 1350. The van der Waals surface area contributed by atoms with Crippen LogP contribution in [0.1, 0.15) is 65.8 Å². The fourth-order valence-electron chi connectivity index (χ4n) is 5.32. The van der Waals surface area contributed by atoms with E-state index in [1.165, 1.54) is 36.4 Å². The molecule has 42 heavy (non-hydrogen) atoms. The maximum absolute atomic E-state index is 13.2. The molecule has 2 aliphatic carbocycles. The van der Waals surface area contributed by atoms with Crippen LogP contribution in [0.2, 0.25) is 5.02 Å². The van der Waals surface area contributed by atoms with Gasteiger partial charge in [-0.1, -0.05) is 24.1 Å². The minimum atomic E-state index is -4.76. The summed E-state index contributed by atoms with van der Waals surface area (Å²) in [5, 5.41) is 7.83. The summed E-state index contributed by atoms with van der Waals surface area (Å²) >= 11 is 6.20. The van der Waals surface area contributed by atoms with Crippen molar-refractivity contribution in [1.82, 2.24) is 10.6 Å². The third-order valence-corrected chi connectivity index (χ3v) is 8.24. The van der Waals surface area contributed by atoms with Crippen LogP contribution in [0, 0.1) is 17.3 Å². The molecule has 0 heterocycles. The predicted molar refractivity (Wildman–Crippen MR) is 146 cm³/mol. The third kappa shape index (κ3) is 7.14. The normalized spacial score (nSPS) is 20.0. The number of amides is 3. The number of benzene rings is 2. The minimum Gasteiger partial charge on any atom is -0.487 e. The van der Waals surface area contributed by atoms with E-state index in [-0.39, 0.29) is 40.2 Å². The first-order chi connectivity index (χ1) is 19.7. The Morgan fingerprint density at radius 1 is 1.00 bits per heavy atom. The highest BCUT2D eigenvalue weighted by Crippen LogP contribution is 2.44. The molecule has 2 fully saturated rings. The zero-order valence-corrected chi connectivity index (χ0v) is 23.7. The van der Waals surface area contributed by atoms with Gasteiger partial charge in [0.15, 0.2) is 0 Å². The summed E-state index contributed by atoms with van der Waals surface area (Å²) in [5.41, 5.74) is -2.20. The average molecular weight is 616 g/mol. The maximum Gasteiger partial charge on any atom is 0.402 e. The number of carbonyl (C=O) groups excluding carboxylic acids is 3. The van der Waals surface area contributed by atoms with Crippen LogP contribution in [0.4, 0.5) is 27.6 Å². The van der Waals surface area contributed by atoms with Gasteiger partial charge in [0.1, 0.15) is 17.8 Å². The number of hydrogen-bond donors (Lipinski definition) is 3. The summed E-state index contributed by atoms with van der Waals surface area (Å²) in [6, 6.07) is 8.12. The Hall–Kier alpha value is -3.41. The molecule has 0 radical (unpaired) electrons. The molecule has 228 valence electrons. The minimum absolute atomic E-state index is 0.0222. The molecular weight excluding hydrogens is 585 g/mol. The molecular formula is C29H31ClF5N3O4. The Morgan fingerprint density at radius 3 is 2.36 bits per heavy atom. The van der Waals surface area contributed by atoms with E-state index in [2.05, 4.69) is 16.0 Å². The van der Waals surface area contributed by atoms with Gasteiger partial charge < -0.3 is 20.7 Å². The fraction of sp³-hybridized carbons (Fsp3) is 0.483. The maximum atomic E-state index is 13.2. The van der Waals surface area contributed by atoms with Crippen LogP contribution in [0.15, 0.2) is 36.4 Å². The second-order valence-corrected chi connectivity index (χ2v) is 11.6. The van der Waals surface area contributed by atoms with E-state index >= 15 is 0 Å². The molecule has 2 saturated carbocycles. The second kappa shape index (κ2) is 12.4. The molecule has 7 nitrogen and oxygen atoms in total. The van der Waals surface area contributed by atoms with Crippen molar-refractivity contribution in [2.24, 2.45) is 17.3 Å². The van der Waals surface area contributed by atoms with Gasteiger partial charge in [-0.3, -0.25) is 14.4 Å². The van der Waals surface area contributed by atoms with Gasteiger partial charge in [-0.2, -0.15) is 13.2 Å². The van der Waals surface area contributed by atoms with Gasteiger partial charge in [-0.05, 0) is 80.8 Å². The van der Waals surface area contributed by atoms with E-state index in [1.54, 1.807) is 0 Å². The van der Waals surface area contributed by atoms with Crippen molar-refractivity contribution < 1.29 is 41.1 Å². The summed E-state index contributed by atoms with van der Waals surface area (Å²) in [6.07, 6.45) is -3.48. The number of fused-ring (bicyclic) bond motifs is 2. The number of hydrogen-bond acceptors (Lipinski definition) is 4. The van der Waals surface area contributed by atoms with E-state index in [9.17, 15) is 36.3 Å². The molecule has 2 aromatic carbocycles. The molecule has 3 amide bonds. The van der Waals surface area contributed by atoms with Crippen molar-refractivity contribution in [3.63, 3.8) is 0 Å². The summed E-state index contributed by atoms with van der Waals surface area (Å²) in [5.74, 6) is -1.58. The first-order valence-corrected chi connectivity index (χ1v) is 13.8. The highest BCUT2D eigenvalue weighted by Gasteiger charge is 2.52. The van der Waals surface area contributed by atoms with Gasteiger partial charge >= 0.3 is 6.18 Å². The summed E-state index contributed by atoms with van der Waals surface area (Å²) in [4.78, 5) is 38.4. The quantitative estimate of drug-likeness (QED) is 0.271. The lowest BCUT2D eigenvalue weighted by Gasteiger charge is -2.26. The van der Waals surface area contributed by atoms with Crippen LogP contribution < -0.4 is 20.7 Å². The van der Waals surface area contributed by atoms with E-state index in [4.69, 9.17) is 16.3 Å². The molecule has 2 aliphatic rings. The van der Waals surface area contributed by atoms with Crippen molar-refractivity contribution >= 4 is 35.0 Å². The molecule has 2 bridgehead atoms. The highest BCUT2D eigenvalue weighted by molar-refractivity contribution is 6.34. The van der Waals surface area contributed by atoms with Crippen molar-refractivity contribution in [1.29, 1.82) is 0 Å². The Kier molecular flexibility index (Phi) is 9.34. The van der Waals surface area contributed by atoms with Crippen molar-refractivity contribution in [3.8, 4) is 5.75 Å². The van der Waals surface area contributed by atoms with Crippen molar-refractivity contribution in [2.45, 2.75) is 64.7 Å². The van der Waals surface area contributed by atoms with Gasteiger partial charge in [0.05, 0.1) is 16.1 Å². The molecule has 0 saturated heterocycles. The number of alkyl halides is 5. The molecule has 3 N–H and O–H groups in total. The summed E-state index contributed by atoms with van der Waals surface area (Å²) in [6.45, 7) is 0.316. The van der Waals surface area contributed by atoms with Crippen molar-refractivity contribution in [2.75, 3.05) is 11.9 Å². The molecule has 13 heteroatoms. The first kappa shape index (κ1) is 31.5. The average Bonchev–Trinajstić information content (AvgIpc) is 3.54. The second-order valence-electron chi connectivity index (χ2n) is 11.2. The van der Waals surface area contributed by atoms with Gasteiger partial charge in [-0.15, -0.1) is 0 Å². The number of nitrogens with one attached hydrogen (secondary N) is 3.